The highest BCUT2D eigenvalue weighted by molar-refractivity contribution is 5.32. The summed E-state index contributed by atoms with van der Waals surface area (Å²) in [7, 11) is 0. The molecule has 0 atom stereocenters. The second kappa shape index (κ2) is 4.91. The largest absolute Gasteiger partial charge is 0.416 e. The highest BCUT2D eigenvalue weighted by Crippen LogP contribution is 2.33. The minimum absolute atomic E-state index is 0.380. The molecule has 0 saturated heterocycles. The Hall–Kier alpha value is -2.45. The van der Waals surface area contributed by atoms with Gasteiger partial charge in [0.2, 0.25) is 0 Å². The highest BCUT2D eigenvalue weighted by Gasteiger charge is 2.34. The minimum atomic E-state index is -4.71. The molecule has 0 unspecified atom stereocenters. The Kier molecular flexibility index (Phi) is 3.43. The monoisotopic (exact) mass is 289 g/mol. The van der Waals surface area contributed by atoms with Crippen LogP contribution in [0.3, 0.4) is 0 Å². The zero-order valence-corrected chi connectivity index (χ0v) is 9.76. The number of rotatable bonds is 3. The first-order valence-electron chi connectivity index (χ1n) is 5.30. The molecule has 0 radical (unpaired) electrons. The third kappa shape index (κ3) is 2.76. The molecule has 2 aromatic rings. The van der Waals surface area contributed by atoms with Crippen molar-refractivity contribution in [1.29, 1.82) is 0 Å². The van der Waals surface area contributed by atoms with Gasteiger partial charge in [-0.2, -0.15) is 18.3 Å². The summed E-state index contributed by atoms with van der Waals surface area (Å²) in [5.74, 6) is -1.04. The predicted molar refractivity (Wildman–Crippen MR) is 59.4 cm³/mol. The van der Waals surface area contributed by atoms with E-state index in [0.29, 0.717) is 0 Å². The number of benzene rings is 1. The Labute approximate surface area is 109 Å². The van der Waals surface area contributed by atoms with Gasteiger partial charge in [0.1, 0.15) is 18.2 Å². The molecule has 20 heavy (non-hydrogen) atoms. The second-order valence-electron chi connectivity index (χ2n) is 3.92. The van der Waals surface area contributed by atoms with Crippen molar-refractivity contribution in [2.75, 3.05) is 0 Å². The van der Waals surface area contributed by atoms with Crippen LogP contribution in [0, 0.1) is 15.9 Å². The van der Waals surface area contributed by atoms with Crippen LogP contribution in [-0.2, 0) is 12.7 Å². The van der Waals surface area contributed by atoms with E-state index < -0.39 is 34.6 Å². The predicted octanol–water partition coefficient (Wildman–Crippen LogP) is 3.00. The van der Waals surface area contributed by atoms with Crippen LogP contribution in [0.5, 0.6) is 0 Å². The van der Waals surface area contributed by atoms with Crippen molar-refractivity contribution in [3.8, 4) is 0 Å². The molecule has 0 N–H and O–H groups in total. The van der Waals surface area contributed by atoms with Crippen LogP contribution in [0.1, 0.15) is 11.1 Å². The summed E-state index contributed by atoms with van der Waals surface area (Å²) >= 11 is 0. The van der Waals surface area contributed by atoms with Crippen molar-refractivity contribution in [2.45, 2.75) is 12.7 Å². The van der Waals surface area contributed by atoms with Gasteiger partial charge in [-0.3, -0.25) is 14.8 Å². The fraction of sp³-hybridized carbons (Fsp3) is 0.182. The second-order valence-corrected chi connectivity index (χ2v) is 3.92. The van der Waals surface area contributed by atoms with Gasteiger partial charge in [0, 0.05) is 5.56 Å². The number of hydrogen-bond acceptors (Lipinski definition) is 3. The van der Waals surface area contributed by atoms with E-state index in [-0.39, 0.29) is 5.69 Å². The molecule has 106 valence electrons. The van der Waals surface area contributed by atoms with Gasteiger partial charge in [-0.05, 0) is 12.1 Å². The SMILES string of the molecule is O=[N+]([O-])c1cnn(Cc2c(F)cccc2C(F)(F)F)c1. The molecule has 0 spiro atoms. The molecule has 0 fully saturated rings. The molecule has 0 aliphatic carbocycles. The maximum Gasteiger partial charge on any atom is 0.416 e. The van der Waals surface area contributed by atoms with Crippen molar-refractivity contribution in [3.63, 3.8) is 0 Å². The summed E-state index contributed by atoms with van der Waals surface area (Å²) in [4.78, 5) is 9.72. The van der Waals surface area contributed by atoms with E-state index in [9.17, 15) is 27.7 Å². The average molecular weight is 289 g/mol. The Bertz CT molecular complexity index is 651. The molecule has 1 aromatic heterocycles. The number of aromatic nitrogens is 2. The lowest BCUT2D eigenvalue weighted by atomic mass is 10.1. The van der Waals surface area contributed by atoms with Crippen LogP contribution < -0.4 is 0 Å². The molecule has 1 aromatic carbocycles. The third-order valence-corrected chi connectivity index (χ3v) is 2.57. The summed E-state index contributed by atoms with van der Waals surface area (Å²) in [6, 6.07) is 2.59. The van der Waals surface area contributed by atoms with Crippen molar-refractivity contribution in [1.82, 2.24) is 9.78 Å². The van der Waals surface area contributed by atoms with Crippen LogP contribution in [0.25, 0.3) is 0 Å². The molecule has 0 bridgehead atoms. The molecular formula is C11H7F4N3O2. The van der Waals surface area contributed by atoms with Crippen LogP contribution >= 0.6 is 0 Å². The lowest BCUT2D eigenvalue weighted by Gasteiger charge is -2.13. The normalized spacial score (nSPS) is 11.6. The van der Waals surface area contributed by atoms with E-state index >= 15 is 0 Å². The van der Waals surface area contributed by atoms with Gasteiger partial charge in [-0.25, -0.2) is 4.39 Å². The van der Waals surface area contributed by atoms with Gasteiger partial charge in [0.05, 0.1) is 17.0 Å². The van der Waals surface area contributed by atoms with Gasteiger partial charge in [-0.15, -0.1) is 0 Å². The quantitative estimate of drug-likeness (QED) is 0.496. The topological polar surface area (TPSA) is 61.0 Å². The maximum absolute atomic E-state index is 13.6. The highest BCUT2D eigenvalue weighted by atomic mass is 19.4. The first-order chi connectivity index (χ1) is 9.29. The summed E-state index contributed by atoms with van der Waals surface area (Å²) < 4.78 is 52.7. The Morgan fingerprint density at radius 1 is 1.35 bits per heavy atom. The van der Waals surface area contributed by atoms with E-state index in [0.717, 1.165) is 35.3 Å². The van der Waals surface area contributed by atoms with Crippen molar-refractivity contribution >= 4 is 5.69 Å². The lowest BCUT2D eigenvalue weighted by Crippen LogP contribution is -2.13. The number of alkyl halides is 3. The standard InChI is InChI=1S/C11H7F4N3O2/c12-10-3-1-2-9(11(13,14)15)8(10)6-17-5-7(4-16-17)18(19)20/h1-5H,6H2. The molecule has 0 saturated carbocycles. The van der Waals surface area contributed by atoms with Gasteiger partial charge in [0.25, 0.3) is 0 Å². The van der Waals surface area contributed by atoms with E-state index in [1.807, 2.05) is 0 Å². The van der Waals surface area contributed by atoms with Gasteiger partial charge >= 0.3 is 11.9 Å². The van der Waals surface area contributed by atoms with E-state index in [4.69, 9.17) is 0 Å². The fourth-order valence-electron chi connectivity index (χ4n) is 1.68. The molecule has 0 aliphatic heterocycles. The fourth-order valence-corrected chi connectivity index (χ4v) is 1.68. The summed E-state index contributed by atoms with van der Waals surface area (Å²) in [5.41, 5.74) is -2.12. The average Bonchev–Trinajstić information content (AvgIpc) is 2.79. The van der Waals surface area contributed by atoms with E-state index in [1.54, 1.807) is 0 Å². The Balaban J connectivity index is 2.40. The number of halogens is 4. The zero-order chi connectivity index (χ0) is 14.9. The number of nitrogens with zero attached hydrogens (tertiary/aromatic N) is 3. The summed E-state index contributed by atoms with van der Waals surface area (Å²) in [5, 5.41) is 14.0. The first kappa shape index (κ1) is 14.0. The maximum atomic E-state index is 13.6. The van der Waals surface area contributed by atoms with Crippen LogP contribution in [0.15, 0.2) is 30.6 Å². The van der Waals surface area contributed by atoms with Gasteiger partial charge in [0.15, 0.2) is 0 Å². The van der Waals surface area contributed by atoms with Crippen LogP contribution in [0.4, 0.5) is 23.2 Å². The number of nitro groups is 1. The lowest BCUT2D eigenvalue weighted by molar-refractivity contribution is -0.385. The Morgan fingerprint density at radius 3 is 2.60 bits per heavy atom. The van der Waals surface area contributed by atoms with Crippen molar-refractivity contribution in [3.05, 3.63) is 57.7 Å². The molecule has 9 heteroatoms. The van der Waals surface area contributed by atoms with E-state index in [2.05, 4.69) is 5.10 Å². The van der Waals surface area contributed by atoms with Crippen LogP contribution in [-0.4, -0.2) is 14.7 Å². The minimum Gasteiger partial charge on any atom is -0.261 e. The van der Waals surface area contributed by atoms with Crippen molar-refractivity contribution in [2.24, 2.45) is 0 Å². The molecule has 1 heterocycles. The molecule has 5 nitrogen and oxygen atoms in total. The third-order valence-electron chi connectivity index (χ3n) is 2.57. The van der Waals surface area contributed by atoms with E-state index in [1.165, 1.54) is 0 Å². The molecule has 2 rings (SSSR count). The molecule has 0 amide bonds. The smallest absolute Gasteiger partial charge is 0.261 e. The van der Waals surface area contributed by atoms with Gasteiger partial charge < -0.3 is 0 Å². The molecular weight excluding hydrogens is 282 g/mol. The van der Waals surface area contributed by atoms with Crippen LogP contribution in [0.2, 0.25) is 0 Å². The zero-order valence-electron chi connectivity index (χ0n) is 9.76. The number of hydrogen-bond donors (Lipinski definition) is 0. The van der Waals surface area contributed by atoms with Gasteiger partial charge in [-0.1, -0.05) is 6.07 Å². The summed E-state index contributed by atoms with van der Waals surface area (Å²) in [6.45, 7) is -0.546. The Morgan fingerprint density at radius 2 is 2.05 bits per heavy atom. The first-order valence-corrected chi connectivity index (χ1v) is 5.30. The van der Waals surface area contributed by atoms with Crippen molar-refractivity contribution < 1.29 is 22.5 Å². The molecule has 0 aliphatic rings. The summed E-state index contributed by atoms with van der Waals surface area (Å²) in [6.07, 6.45) is -2.89.